The van der Waals surface area contributed by atoms with E-state index < -0.39 is 0 Å². The van der Waals surface area contributed by atoms with Crippen molar-refractivity contribution in [3.63, 3.8) is 0 Å². The van der Waals surface area contributed by atoms with Crippen LogP contribution in [0.3, 0.4) is 0 Å². The molecule has 0 bridgehead atoms. The molecule has 0 unspecified atom stereocenters. The summed E-state index contributed by atoms with van der Waals surface area (Å²) in [5.74, 6) is 0. The standard InChI is InChI=1S/C19H24N2O/c1-2-9-18(10-3-1)21-20-14-16-7-6-8-17(13-16)15-22-19-11-4-5-12-19/h1-3,6-10,13,19-21H,4-5,11-12,14-15H2. The monoisotopic (exact) mass is 296 g/mol. The van der Waals surface area contributed by atoms with Crippen molar-refractivity contribution in [2.24, 2.45) is 0 Å². The van der Waals surface area contributed by atoms with Crippen LogP contribution in [0.25, 0.3) is 0 Å². The summed E-state index contributed by atoms with van der Waals surface area (Å²) in [7, 11) is 0. The van der Waals surface area contributed by atoms with Gasteiger partial charge < -0.3 is 10.2 Å². The highest BCUT2D eigenvalue weighted by atomic mass is 16.5. The highest BCUT2D eigenvalue weighted by molar-refractivity contribution is 5.41. The van der Waals surface area contributed by atoms with Crippen LogP contribution < -0.4 is 10.9 Å². The molecule has 2 N–H and O–H groups in total. The van der Waals surface area contributed by atoms with Crippen LogP contribution in [0.2, 0.25) is 0 Å². The van der Waals surface area contributed by atoms with E-state index >= 15 is 0 Å². The maximum absolute atomic E-state index is 5.98. The highest BCUT2D eigenvalue weighted by Gasteiger charge is 2.15. The first kappa shape index (κ1) is 15.1. The first-order valence-corrected chi connectivity index (χ1v) is 8.13. The van der Waals surface area contributed by atoms with Gasteiger partial charge >= 0.3 is 0 Å². The van der Waals surface area contributed by atoms with Gasteiger partial charge in [0.1, 0.15) is 0 Å². The average Bonchev–Trinajstić information content (AvgIpc) is 3.08. The molecule has 0 aliphatic heterocycles. The zero-order chi connectivity index (χ0) is 15.0. The third kappa shape index (κ3) is 4.58. The number of nitrogens with one attached hydrogen (secondary N) is 2. The largest absolute Gasteiger partial charge is 0.374 e. The van der Waals surface area contributed by atoms with E-state index in [1.54, 1.807) is 0 Å². The third-order valence-electron chi connectivity index (χ3n) is 4.08. The smallest absolute Gasteiger partial charge is 0.0720 e. The van der Waals surface area contributed by atoms with Crippen LogP contribution >= 0.6 is 0 Å². The molecular weight excluding hydrogens is 272 g/mol. The molecule has 0 heterocycles. The van der Waals surface area contributed by atoms with Gasteiger partial charge in [0.25, 0.3) is 0 Å². The molecule has 2 aromatic carbocycles. The number of benzene rings is 2. The maximum atomic E-state index is 5.98. The molecule has 0 saturated heterocycles. The Morgan fingerprint density at radius 1 is 0.909 bits per heavy atom. The van der Waals surface area contributed by atoms with Crippen LogP contribution in [0, 0.1) is 0 Å². The topological polar surface area (TPSA) is 33.3 Å². The second kappa shape index (κ2) is 7.97. The third-order valence-corrected chi connectivity index (χ3v) is 4.08. The molecule has 3 nitrogen and oxygen atoms in total. The van der Waals surface area contributed by atoms with Gasteiger partial charge in [-0.25, -0.2) is 5.43 Å². The molecule has 0 aromatic heterocycles. The summed E-state index contributed by atoms with van der Waals surface area (Å²) in [6.07, 6.45) is 5.56. The fourth-order valence-electron chi connectivity index (χ4n) is 2.87. The van der Waals surface area contributed by atoms with Crippen LogP contribution in [0.15, 0.2) is 54.6 Å². The lowest BCUT2D eigenvalue weighted by Crippen LogP contribution is -2.20. The Morgan fingerprint density at radius 3 is 2.50 bits per heavy atom. The van der Waals surface area contributed by atoms with Gasteiger partial charge in [-0.05, 0) is 36.1 Å². The molecular formula is C19H24N2O. The van der Waals surface area contributed by atoms with Gasteiger partial charge in [0.2, 0.25) is 0 Å². The lowest BCUT2D eigenvalue weighted by molar-refractivity contribution is 0.0456. The summed E-state index contributed by atoms with van der Waals surface area (Å²) in [4.78, 5) is 0. The van der Waals surface area contributed by atoms with Gasteiger partial charge in [0, 0.05) is 12.2 Å². The number of ether oxygens (including phenoxy) is 1. The van der Waals surface area contributed by atoms with Gasteiger partial charge in [0.05, 0.1) is 12.7 Å². The highest BCUT2D eigenvalue weighted by Crippen LogP contribution is 2.22. The number of hydrazine groups is 1. The predicted molar refractivity (Wildman–Crippen MR) is 90.4 cm³/mol. The maximum Gasteiger partial charge on any atom is 0.0720 e. The molecule has 116 valence electrons. The normalized spacial score (nSPS) is 15.1. The first-order valence-electron chi connectivity index (χ1n) is 8.13. The Labute approximate surface area is 132 Å². The summed E-state index contributed by atoms with van der Waals surface area (Å²) in [6, 6.07) is 18.7. The molecule has 1 saturated carbocycles. The average molecular weight is 296 g/mol. The number of anilines is 1. The Kier molecular flexibility index (Phi) is 5.46. The lowest BCUT2D eigenvalue weighted by Gasteiger charge is -2.12. The van der Waals surface area contributed by atoms with E-state index in [1.807, 2.05) is 30.3 Å². The number of hydrogen-bond acceptors (Lipinski definition) is 3. The molecule has 0 amide bonds. The van der Waals surface area contributed by atoms with Crippen molar-refractivity contribution in [3.8, 4) is 0 Å². The van der Waals surface area contributed by atoms with Gasteiger partial charge in [-0.15, -0.1) is 0 Å². The van der Waals surface area contributed by atoms with Crippen LogP contribution in [-0.2, 0) is 17.9 Å². The van der Waals surface area contributed by atoms with Gasteiger partial charge in [0.15, 0.2) is 0 Å². The van der Waals surface area contributed by atoms with Gasteiger partial charge in [-0.2, -0.15) is 0 Å². The molecule has 22 heavy (non-hydrogen) atoms. The molecule has 0 atom stereocenters. The van der Waals surface area contributed by atoms with Crippen LogP contribution in [-0.4, -0.2) is 6.10 Å². The zero-order valence-electron chi connectivity index (χ0n) is 12.9. The summed E-state index contributed by atoms with van der Waals surface area (Å²) in [6.45, 7) is 1.51. The minimum Gasteiger partial charge on any atom is -0.374 e. The van der Waals surface area contributed by atoms with Crippen molar-refractivity contribution in [1.82, 2.24) is 5.43 Å². The molecule has 1 aliphatic rings. The molecule has 2 aromatic rings. The Morgan fingerprint density at radius 2 is 1.68 bits per heavy atom. The van der Waals surface area contributed by atoms with E-state index in [2.05, 4.69) is 35.1 Å². The second-order valence-electron chi connectivity index (χ2n) is 5.88. The molecule has 1 aliphatic carbocycles. The second-order valence-corrected chi connectivity index (χ2v) is 5.88. The summed E-state index contributed by atoms with van der Waals surface area (Å²) >= 11 is 0. The van der Waals surface area contributed by atoms with Crippen molar-refractivity contribution >= 4 is 5.69 Å². The zero-order valence-corrected chi connectivity index (χ0v) is 12.9. The number of para-hydroxylation sites is 1. The SMILES string of the molecule is c1ccc(NNCc2cccc(COC3CCCC3)c2)cc1. The van der Waals surface area contributed by atoms with Gasteiger partial charge in [-0.3, -0.25) is 0 Å². The van der Waals surface area contributed by atoms with Crippen LogP contribution in [0.5, 0.6) is 0 Å². The van der Waals surface area contributed by atoms with E-state index in [9.17, 15) is 0 Å². The molecule has 3 heteroatoms. The van der Waals surface area contributed by atoms with Crippen molar-refractivity contribution < 1.29 is 4.74 Å². The lowest BCUT2D eigenvalue weighted by atomic mass is 10.1. The fraction of sp³-hybridized carbons (Fsp3) is 0.368. The van der Waals surface area contributed by atoms with Gasteiger partial charge in [-0.1, -0.05) is 55.3 Å². The van der Waals surface area contributed by atoms with Crippen molar-refractivity contribution in [1.29, 1.82) is 0 Å². The Balaban J connectivity index is 1.46. The molecule has 3 rings (SSSR count). The predicted octanol–water partition coefficient (Wildman–Crippen LogP) is 4.26. The van der Waals surface area contributed by atoms with E-state index in [0.717, 1.165) is 18.8 Å². The quantitative estimate of drug-likeness (QED) is 0.749. The van der Waals surface area contributed by atoms with E-state index in [0.29, 0.717) is 6.10 Å². The minimum absolute atomic E-state index is 0.474. The Bertz CT molecular complexity index is 565. The fourth-order valence-corrected chi connectivity index (χ4v) is 2.87. The molecule has 0 radical (unpaired) electrons. The number of rotatable bonds is 7. The van der Waals surface area contributed by atoms with Crippen molar-refractivity contribution in [3.05, 3.63) is 65.7 Å². The molecule has 0 spiro atoms. The molecule has 1 fully saturated rings. The minimum atomic E-state index is 0.474. The van der Waals surface area contributed by atoms with E-state index in [4.69, 9.17) is 4.74 Å². The van der Waals surface area contributed by atoms with E-state index in [1.165, 1.54) is 36.8 Å². The summed E-state index contributed by atoms with van der Waals surface area (Å²) in [5, 5.41) is 0. The van der Waals surface area contributed by atoms with E-state index in [-0.39, 0.29) is 0 Å². The van der Waals surface area contributed by atoms with Crippen LogP contribution in [0.4, 0.5) is 5.69 Å². The van der Waals surface area contributed by atoms with Crippen LogP contribution in [0.1, 0.15) is 36.8 Å². The summed E-state index contributed by atoms with van der Waals surface area (Å²) < 4.78 is 5.98. The Hall–Kier alpha value is -1.84. The number of hydrogen-bond donors (Lipinski definition) is 2. The van der Waals surface area contributed by atoms with Crippen molar-refractivity contribution in [2.45, 2.75) is 44.9 Å². The summed E-state index contributed by atoms with van der Waals surface area (Å²) in [5.41, 5.74) is 10.0. The van der Waals surface area contributed by atoms with Crippen molar-refractivity contribution in [2.75, 3.05) is 5.43 Å². The first-order chi connectivity index (χ1) is 10.9.